The van der Waals surface area contributed by atoms with Gasteiger partial charge in [0.2, 0.25) is 5.91 Å². The predicted octanol–water partition coefficient (Wildman–Crippen LogP) is 2.24. The zero-order chi connectivity index (χ0) is 13.7. The third kappa shape index (κ3) is 5.22. The van der Waals surface area contributed by atoms with E-state index in [4.69, 9.17) is 4.74 Å². The van der Waals surface area contributed by atoms with Gasteiger partial charge in [-0.05, 0) is 48.0 Å². The lowest BCUT2D eigenvalue weighted by Gasteiger charge is -2.16. The Kier molecular flexibility index (Phi) is 5.81. The van der Waals surface area contributed by atoms with Gasteiger partial charge in [-0.2, -0.15) is 0 Å². The Morgan fingerprint density at radius 3 is 3.11 bits per heavy atom. The minimum atomic E-state index is 0.0635. The summed E-state index contributed by atoms with van der Waals surface area (Å²) in [6, 6.07) is 4.11. The Balaban J connectivity index is 1.66. The third-order valence-corrected chi connectivity index (χ3v) is 4.63. The number of rotatable bonds is 6. The quantitative estimate of drug-likeness (QED) is 0.858. The van der Waals surface area contributed by atoms with Gasteiger partial charge < -0.3 is 10.1 Å². The lowest BCUT2D eigenvalue weighted by molar-refractivity contribution is -0.122. The summed E-state index contributed by atoms with van der Waals surface area (Å²) in [4.78, 5) is 15.1. The van der Waals surface area contributed by atoms with E-state index >= 15 is 0 Å². The number of hydrogen-bond donors (Lipinski definition) is 1. The number of halogens is 1. The van der Waals surface area contributed by atoms with Crippen molar-refractivity contribution in [2.24, 2.45) is 0 Å². The fourth-order valence-corrected chi connectivity index (χ4v) is 3.66. The number of carbonyl (C=O) groups excluding carboxylic acids is 1. The first-order valence-corrected chi connectivity index (χ1v) is 8.05. The maximum atomic E-state index is 11.8. The van der Waals surface area contributed by atoms with E-state index in [1.54, 1.807) is 11.3 Å². The summed E-state index contributed by atoms with van der Waals surface area (Å²) >= 11 is 5.14. The predicted molar refractivity (Wildman–Crippen MR) is 80.3 cm³/mol. The molecule has 19 heavy (non-hydrogen) atoms. The number of amides is 1. The Morgan fingerprint density at radius 1 is 1.63 bits per heavy atom. The van der Waals surface area contributed by atoms with Crippen LogP contribution in [0.5, 0.6) is 0 Å². The molecule has 0 aliphatic carbocycles. The lowest BCUT2D eigenvalue weighted by Crippen LogP contribution is -2.38. The molecule has 1 aliphatic heterocycles. The highest BCUT2D eigenvalue weighted by atomic mass is 79.9. The van der Waals surface area contributed by atoms with E-state index in [1.165, 1.54) is 4.88 Å². The molecule has 1 amide bonds. The van der Waals surface area contributed by atoms with Crippen molar-refractivity contribution >= 4 is 33.2 Å². The van der Waals surface area contributed by atoms with Crippen LogP contribution in [0.4, 0.5) is 0 Å². The van der Waals surface area contributed by atoms with Gasteiger partial charge in [-0.25, -0.2) is 0 Å². The van der Waals surface area contributed by atoms with Gasteiger partial charge >= 0.3 is 0 Å². The molecule has 2 heterocycles. The third-order valence-electron chi connectivity index (χ3n) is 3.02. The molecule has 106 valence electrons. The average molecular weight is 347 g/mol. The molecule has 6 heteroatoms. The Bertz CT molecular complexity index is 419. The van der Waals surface area contributed by atoms with Gasteiger partial charge in [-0.3, -0.25) is 9.69 Å². The van der Waals surface area contributed by atoms with Crippen LogP contribution >= 0.6 is 27.3 Å². The van der Waals surface area contributed by atoms with Crippen molar-refractivity contribution in [1.82, 2.24) is 10.2 Å². The number of ether oxygens (including phenoxy) is 1. The second-order valence-corrected chi connectivity index (χ2v) is 7.36. The summed E-state index contributed by atoms with van der Waals surface area (Å²) in [6.07, 6.45) is 2.37. The van der Waals surface area contributed by atoms with Crippen LogP contribution in [0.1, 0.15) is 17.7 Å². The molecule has 1 aliphatic rings. The van der Waals surface area contributed by atoms with E-state index in [1.807, 2.05) is 18.0 Å². The largest absolute Gasteiger partial charge is 0.376 e. The molecule has 1 aromatic heterocycles. The minimum Gasteiger partial charge on any atom is -0.376 e. The van der Waals surface area contributed by atoms with Gasteiger partial charge in [0.15, 0.2) is 0 Å². The fraction of sp³-hybridized carbons (Fsp3) is 0.615. The molecule has 1 saturated heterocycles. The van der Waals surface area contributed by atoms with Gasteiger partial charge in [0, 0.05) is 24.6 Å². The van der Waals surface area contributed by atoms with E-state index in [-0.39, 0.29) is 12.0 Å². The van der Waals surface area contributed by atoms with Crippen molar-refractivity contribution in [3.63, 3.8) is 0 Å². The van der Waals surface area contributed by atoms with Crippen molar-refractivity contribution in [2.75, 3.05) is 26.7 Å². The van der Waals surface area contributed by atoms with Crippen LogP contribution in [0.2, 0.25) is 0 Å². The smallest absolute Gasteiger partial charge is 0.234 e. The molecule has 0 spiro atoms. The highest BCUT2D eigenvalue weighted by molar-refractivity contribution is 9.11. The molecular weight excluding hydrogens is 328 g/mol. The summed E-state index contributed by atoms with van der Waals surface area (Å²) < 4.78 is 6.60. The van der Waals surface area contributed by atoms with Crippen molar-refractivity contribution in [1.29, 1.82) is 0 Å². The van der Waals surface area contributed by atoms with E-state index in [2.05, 4.69) is 27.3 Å². The summed E-state index contributed by atoms with van der Waals surface area (Å²) in [5.41, 5.74) is 0. The molecule has 0 saturated carbocycles. The van der Waals surface area contributed by atoms with E-state index in [0.29, 0.717) is 13.1 Å². The maximum Gasteiger partial charge on any atom is 0.234 e. The number of nitrogens with zero attached hydrogens (tertiary/aromatic N) is 1. The van der Waals surface area contributed by atoms with Crippen molar-refractivity contribution < 1.29 is 9.53 Å². The van der Waals surface area contributed by atoms with Crippen molar-refractivity contribution in [3.8, 4) is 0 Å². The molecule has 1 unspecified atom stereocenters. The Labute approximate surface area is 126 Å². The maximum absolute atomic E-state index is 11.8. The normalized spacial score (nSPS) is 19.0. The molecule has 0 radical (unpaired) electrons. The molecule has 1 aromatic rings. The summed E-state index contributed by atoms with van der Waals surface area (Å²) in [5, 5.41) is 2.94. The van der Waals surface area contributed by atoms with Crippen LogP contribution in [-0.4, -0.2) is 43.7 Å². The van der Waals surface area contributed by atoms with Crippen LogP contribution in [0.3, 0.4) is 0 Å². The molecule has 2 rings (SSSR count). The first kappa shape index (κ1) is 15.0. The van der Waals surface area contributed by atoms with Crippen molar-refractivity contribution in [3.05, 3.63) is 20.8 Å². The highest BCUT2D eigenvalue weighted by Gasteiger charge is 2.16. The number of likely N-dealkylation sites (N-methyl/N-ethyl adjacent to an activating group) is 1. The van der Waals surface area contributed by atoms with Crippen molar-refractivity contribution in [2.45, 2.75) is 25.5 Å². The molecule has 1 fully saturated rings. The number of nitrogens with one attached hydrogen (secondary N) is 1. The van der Waals surface area contributed by atoms with Gasteiger partial charge in [0.1, 0.15) is 0 Å². The first-order valence-electron chi connectivity index (χ1n) is 6.44. The van der Waals surface area contributed by atoms with Gasteiger partial charge in [0.05, 0.1) is 16.4 Å². The lowest BCUT2D eigenvalue weighted by atomic mass is 10.2. The van der Waals surface area contributed by atoms with Crippen LogP contribution in [0, 0.1) is 0 Å². The first-order chi connectivity index (χ1) is 9.13. The van der Waals surface area contributed by atoms with Crippen LogP contribution in [0.25, 0.3) is 0 Å². The van der Waals surface area contributed by atoms with Gasteiger partial charge in [-0.1, -0.05) is 0 Å². The SMILES string of the molecule is CN(CC(=O)NCC1CCCO1)Cc1ccc(Br)s1. The second-order valence-electron chi connectivity index (χ2n) is 4.82. The fourth-order valence-electron chi connectivity index (χ4n) is 2.09. The molecule has 1 atom stereocenters. The average Bonchev–Trinajstić information content (AvgIpc) is 2.98. The number of carbonyl (C=O) groups is 1. The van der Waals surface area contributed by atoms with E-state index < -0.39 is 0 Å². The zero-order valence-corrected chi connectivity index (χ0v) is 13.4. The van der Waals surface area contributed by atoms with Gasteiger partial charge in [0.25, 0.3) is 0 Å². The minimum absolute atomic E-state index is 0.0635. The molecule has 0 bridgehead atoms. The van der Waals surface area contributed by atoms with E-state index in [0.717, 1.165) is 29.8 Å². The van der Waals surface area contributed by atoms with Gasteiger partial charge in [-0.15, -0.1) is 11.3 Å². The van der Waals surface area contributed by atoms with Crippen LogP contribution in [-0.2, 0) is 16.1 Å². The van der Waals surface area contributed by atoms with Crippen LogP contribution < -0.4 is 5.32 Å². The summed E-state index contributed by atoms with van der Waals surface area (Å²) in [7, 11) is 1.96. The number of thiophene rings is 1. The summed E-state index contributed by atoms with van der Waals surface area (Å²) in [6.45, 7) is 2.68. The molecule has 4 nitrogen and oxygen atoms in total. The molecule has 1 N–H and O–H groups in total. The zero-order valence-electron chi connectivity index (χ0n) is 11.0. The Hall–Kier alpha value is -0.430. The second kappa shape index (κ2) is 7.38. The van der Waals surface area contributed by atoms with E-state index in [9.17, 15) is 4.79 Å². The highest BCUT2D eigenvalue weighted by Crippen LogP contribution is 2.22. The number of hydrogen-bond acceptors (Lipinski definition) is 4. The monoisotopic (exact) mass is 346 g/mol. The topological polar surface area (TPSA) is 41.6 Å². The summed E-state index contributed by atoms with van der Waals surface area (Å²) in [5.74, 6) is 0.0635. The molecular formula is C13H19BrN2O2S. The molecule has 0 aromatic carbocycles. The standard InChI is InChI=1S/C13H19BrN2O2S/c1-16(8-11-4-5-12(14)19-11)9-13(17)15-7-10-3-2-6-18-10/h4-5,10H,2-3,6-9H2,1H3,(H,15,17). The van der Waals surface area contributed by atoms with Crippen LogP contribution in [0.15, 0.2) is 15.9 Å². The Morgan fingerprint density at radius 2 is 2.47 bits per heavy atom.